The van der Waals surface area contributed by atoms with Gasteiger partial charge in [0.2, 0.25) is 0 Å². The maximum absolute atomic E-state index is 12.2. The highest BCUT2D eigenvalue weighted by Crippen LogP contribution is 2.22. The molecular formula is C21H21N3O. The van der Waals surface area contributed by atoms with Crippen LogP contribution in [0.2, 0.25) is 0 Å². The van der Waals surface area contributed by atoms with Crippen LogP contribution in [-0.2, 0) is 6.42 Å². The first kappa shape index (κ1) is 16.7. The maximum atomic E-state index is 12.2. The highest BCUT2D eigenvalue weighted by atomic mass is 16.1. The van der Waals surface area contributed by atoms with Gasteiger partial charge in [-0.2, -0.15) is 0 Å². The molecule has 1 heterocycles. The van der Waals surface area contributed by atoms with Gasteiger partial charge in [0.25, 0.3) is 5.91 Å². The van der Waals surface area contributed by atoms with Crippen molar-refractivity contribution in [1.82, 2.24) is 10.3 Å². The number of rotatable bonds is 6. The standard InChI is InChI=1S/C21H21N3O/c1-24(18-10-6-3-7-11-18)19-12-13-20(23-16-19)21(25)22-15-14-17-8-4-2-5-9-17/h2-13,16H,14-15H2,1H3,(H,22,25). The first-order chi connectivity index (χ1) is 12.2. The molecular weight excluding hydrogens is 310 g/mol. The number of carbonyl (C=O) groups excluding carboxylic acids is 1. The van der Waals surface area contributed by atoms with Crippen molar-refractivity contribution in [3.05, 3.63) is 90.3 Å². The van der Waals surface area contributed by atoms with E-state index < -0.39 is 0 Å². The fourth-order valence-corrected chi connectivity index (χ4v) is 2.58. The Morgan fingerprint density at radius 3 is 2.24 bits per heavy atom. The van der Waals surface area contributed by atoms with Gasteiger partial charge in [0, 0.05) is 19.3 Å². The lowest BCUT2D eigenvalue weighted by Gasteiger charge is -2.19. The van der Waals surface area contributed by atoms with E-state index in [2.05, 4.69) is 22.4 Å². The largest absolute Gasteiger partial charge is 0.350 e. The third-order valence-corrected chi connectivity index (χ3v) is 4.05. The molecule has 0 aliphatic rings. The molecule has 3 aromatic rings. The smallest absolute Gasteiger partial charge is 0.269 e. The highest BCUT2D eigenvalue weighted by molar-refractivity contribution is 5.92. The molecule has 0 unspecified atom stereocenters. The molecule has 4 heteroatoms. The maximum Gasteiger partial charge on any atom is 0.269 e. The number of nitrogens with one attached hydrogen (secondary N) is 1. The predicted molar refractivity (Wildman–Crippen MR) is 101 cm³/mol. The molecule has 0 spiro atoms. The molecule has 25 heavy (non-hydrogen) atoms. The van der Waals surface area contributed by atoms with Crippen LogP contribution in [0.1, 0.15) is 16.1 Å². The first-order valence-electron chi connectivity index (χ1n) is 8.31. The van der Waals surface area contributed by atoms with Gasteiger partial charge in [-0.3, -0.25) is 4.79 Å². The average Bonchev–Trinajstić information content (AvgIpc) is 2.69. The summed E-state index contributed by atoms with van der Waals surface area (Å²) in [5.41, 5.74) is 3.64. The van der Waals surface area contributed by atoms with Crippen molar-refractivity contribution >= 4 is 17.3 Å². The van der Waals surface area contributed by atoms with E-state index in [9.17, 15) is 4.79 Å². The minimum atomic E-state index is -0.148. The normalized spacial score (nSPS) is 10.3. The molecule has 0 fully saturated rings. The summed E-state index contributed by atoms with van der Waals surface area (Å²) in [7, 11) is 1.98. The Hall–Kier alpha value is -3.14. The third-order valence-electron chi connectivity index (χ3n) is 4.05. The van der Waals surface area contributed by atoms with Gasteiger partial charge in [-0.25, -0.2) is 4.98 Å². The van der Waals surface area contributed by atoms with Crippen LogP contribution < -0.4 is 10.2 Å². The van der Waals surface area contributed by atoms with Crippen molar-refractivity contribution in [1.29, 1.82) is 0 Å². The molecule has 0 atom stereocenters. The highest BCUT2D eigenvalue weighted by Gasteiger charge is 2.09. The van der Waals surface area contributed by atoms with Gasteiger partial charge in [-0.1, -0.05) is 48.5 Å². The quantitative estimate of drug-likeness (QED) is 0.747. The van der Waals surface area contributed by atoms with Crippen molar-refractivity contribution in [3.8, 4) is 0 Å². The Morgan fingerprint density at radius 2 is 1.60 bits per heavy atom. The lowest BCUT2D eigenvalue weighted by molar-refractivity contribution is 0.0949. The van der Waals surface area contributed by atoms with Crippen LogP contribution >= 0.6 is 0 Å². The first-order valence-corrected chi connectivity index (χ1v) is 8.31. The summed E-state index contributed by atoms with van der Waals surface area (Å²) in [6, 6.07) is 23.8. The number of para-hydroxylation sites is 1. The number of hydrogen-bond donors (Lipinski definition) is 1. The fraction of sp³-hybridized carbons (Fsp3) is 0.143. The van der Waals surface area contributed by atoms with E-state index in [1.165, 1.54) is 5.56 Å². The molecule has 4 nitrogen and oxygen atoms in total. The topological polar surface area (TPSA) is 45.2 Å². The van der Waals surface area contributed by atoms with Crippen LogP contribution in [-0.4, -0.2) is 24.5 Å². The second-order valence-corrected chi connectivity index (χ2v) is 5.79. The third kappa shape index (κ3) is 4.44. The van der Waals surface area contributed by atoms with Gasteiger partial charge in [0.1, 0.15) is 5.69 Å². The van der Waals surface area contributed by atoms with Crippen molar-refractivity contribution in [2.45, 2.75) is 6.42 Å². The van der Waals surface area contributed by atoms with Gasteiger partial charge in [-0.05, 0) is 36.2 Å². The Kier molecular flexibility index (Phi) is 5.42. The number of amides is 1. The molecule has 0 saturated carbocycles. The zero-order valence-electron chi connectivity index (χ0n) is 14.2. The number of carbonyl (C=O) groups is 1. The van der Waals surface area contributed by atoms with Crippen molar-refractivity contribution < 1.29 is 4.79 Å². The molecule has 1 aromatic heterocycles. The Morgan fingerprint density at radius 1 is 0.920 bits per heavy atom. The zero-order valence-corrected chi connectivity index (χ0v) is 14.2. The van der Waals surface area contributed by atoms with Crippen molar-refractivity contribution in [3.63, 3.8) is 0 Å². The number of nitrogens with zero attached hydrogens (tertiary/aromatic N) is 2. The minimum Gasteiger partial charge on any atom is -0.350 e. The molecule has 1 N–H and O–H groups in total. The van der Waals surface area contributed by atoms with Crippen molar-refractivity contribution in [2.75, 3.05) is 18.5 Å². The van der Waals surface area contributed by atoms with E-state index in [0.29, 0.717) is 12.2 Å². The molecule has 3 rings (SSSR count). The predicted octanol–water partition coefficient (Wildman–Crippen LogP) is 3.82. The van der Waals surface area contributed by atoms with Crippen LogP contribution in [0.3, 0.4) is 0 Å². The van der Waals surface area contributed by atoms with Gasteiger partial charge < -0.3 is 10.2 Å². The van der Waals surface area contributed by atoms with Crippen LogP contribution in [0.25, 0.3) is 0 Å². The van der Waals surface area contributed by atoms with E-state index in [4.69, 9.17) is 0 Å². The molecule has 126 valence electrons. The molecule has 2 aromatic carbocycles. The Labute approximate surface area is 148 Å². The number of pyridine rings is 1. The summed E-state index contributed by atoms with van der Waals surface area (Å²) < 4.78 is 0. The number of benzene rings is 2. The van der Waals surface area contributed by atoms with Gasteiger partial charge in [0.15, 0.2) is 0 Å². The summed E-state index contributed by atoms with van der Waals surface area (Å²) in [6.45, 7) is 0.593. The molecule has 1 amide bonds. The van der Waals surface area contributed by atoms with E-state index in [0.717, 1.165) is 17.8 Å². The second-order valence-electron chi connectivity index (χ2n) is 5.79. The summed E-state index contributed by atoms with van der Waals surface area (Å²) in [4.78, 5) is 18.5. The van der Waals surface area contributed by atoms with E-state index >= 15 is 0 Å². The number of hydrogen-bond acceptors (Lipinski definition) is 3. The number of anilines is 2. The molecule has 0 aliphatic carbocycles. The molecule has 0 bridgehead atoms. The van der Waals surface area contributed by atoms with Crippen LogP contribution in [0.5, 0.6) is 0 Å². The lowest BCUT2D eigenvalue weighted by Crippen LogP contribution is -2.26. The summed E-state index contributed by atoms with van der Waals surface area (Å²) in [5, 5.41) is 2.91. The molecule has 0 radical (unpaired) electrons. The van der Waals surface area contributed by atoms with Crippen LogP contribution in [0, 0.1) is 0 Å². The van der Waals surface area contributed by atoms with E-state index in [1.54, 1.807) is 12.3 Å². The van der Waals surface area contributed by atoms with Gasteiger partial charge >= 0.3 is 0 Å². The van der Waals surface area contributed by atoms with Crippen LogP contribution in [0.15, 0.2) is 79.0 Å². The number of aromatic nitrogens is 1. The SMILES string of the molecule is CN(c1ccccc1)c1ccc(C(=O)NCCc2ccccc2)nc1. The molecule has 0 saturated heterocycles. The fourth-order valence-electron chi connectivity index (χ4n) is 2.58. The summed E-state index contributed by atoms with van der Waals surface area (Å²) in [6.07, 6.45) is 2.53. The van der Waals surface area contributed by atoms with Crippen LogP contribution in [0.4, 0.5) is 11.4 Å². The Balaban J connectivity index is 1.57. The molecule has 0 aliphatic heterocycles. The zero-order chi connectivity index (χ0) is 17.5. The van der Waals surface area contributed by atoms with Gasteiger partial charge in [-0.15, -0.1) is 0 Å². The monoisotopic (exact) mass is 331 g/mol. The second kappa shape index (κ2) is 8.11. The summed E-state index contributed by atoms with van der Waals surface area (Å²) >= 11 is 0. The van der Waals surface area contributed by atoms with E-state index in [1.807, 2.05) is 66.5 Å². The minimum absolute atomic E-state index is 0.148. The van der Waals surface area contributed by atoms with E-state index in [-0.39, 0.29) is 5.91 Å². The van der Waals surface area contributed by atoms with Gasteiger partial charge in [0.05, 0.1) is 11.9 Å². The Bertz CT molecular complexity index is 802. The lowest BCUT2D eigenvalue weighted by atomic mass is 10.1. The van der Waals surface area contributed by atoms with Crippen molar-refractivity contribution in [2.24, 2.45) is 0 Å². The average molecular weight is 331 g/mol. The summed E-state index contributed by atoms with van der Waals surface area (Å²) in [5.74, 6) is -0.148.